The van der Waals surface area contributed by atoms with E-state index in [0.717, 1.165) is 27.9 Å². The number of rotatable bonds is 7. The SMILES string of the molecule is O=C(NCCc1nc2cnc3[nH]ccc3c2n1[C@H]1CC[C@H](NCC(F)(F)F)CC1)C1CC1(F)Cl. The molecule has 0 aromatic carbocycles. The van der Waals surface area contributed by atoms with Crippen molar-refractivity contribution < 1.29 is 22.4 Å². The molecule has 0 saturated heterocycles. The number of aromatic amines is 1. The molecule has 2 aliphatic rings. The molecule has 0 radical (unpaired) electrons. The van der Waals surface area contributed by atoms with Crippen molar-refractivity contribution in [3.63, 3.8) is 0 Å². The van der Waals surface area contributed by atoms with Crippen LogP contribution in [-0.2, 0) is 11.2 Å². The number of nitrogens with one attached hydrogen (secondary N) is 3. The van der Waals surface area contributed by atoms with Gasteiger partial charge in [0.1, 0.15) is 17.0 Å². The van der Waals surface area contributed by atoms with Gasteiger partial charge in [-0.3, -0.25) is 4.79 Å². The van der Waals surface area contributed by atoms with E-state index in [1.165, 1.54) is 0 Å². The number of pyridine rings is 1. The first kappa shape index (κ1) is 23.3. The van der Waals surface area contributed by atoms with Gasteiger partial charge in [0.2, 0.25) is 5.91 Å². The molecule has 12 heteroatoms. The van der Waals surface area contributed by atoms with Crippen LogP contribution in [0.4, 0.5) is 17.6 Å². The molecule has 1 amide bonds. The van der Waals surface area contributed by atoms with Gasteiger partial charge in [-0.15, -0.1) is 0 Å². The summed E-state index contributed by atoms with van der Waals surface area (Å²) in [5.41, 5.74) is 2.37. The lowest BCUT2D eigenvalue weighted by Crippen LogP contribution is -2.39. The normalized spacial score (nSPS) is 27.4. The van der Waals surface area contributed by atoms with Crippen LogP contribution >= 0.6 is 11.6 Å². The lowest BCUT2D eigenvalue weighted by molar-refractivity contribution is -0.126. The minimum Gasteiger partial charge on any atom is -0.355 e. The zero-order chi connectivity index (χ0) is 24.1. The molecule has 2 aliphatic carbocycles. The Labute approximate surface area is 197 Å². The standard InChI is InChI=1S/C22H25ClF4N6O/c23-21(24)9-15(21)20(34)29-8-6-17-32-16-10-30-19-14(5-7-28-19)18(16)33(17)13-3-1-12(2-4-13)31-11-22(25,26)27/h5,7,10,12-13,15,31H,1-4,6,8-9,11H2,(H,28,30)(H,29,34)/t12-,13-,15?,21?. The lowest BCUT2D eigenvalue weighted by atomic mass is 9.90. The van der Waals surface area contributed by atoms with Crippen LogP contribution in [-0.4, -0.2) is 55.9 Å². The minimum atomic E-state index is -4.23. The Kier molecular flexibility index (Phi) is 5.96. The molecule has 0 spiro atoms. The summed E-state index contributed by atoms with van der Waals surface area (Å²) >= 11 is 5.56. The lowest BCUT2D eigenvalue weighted by Gasteiger charge is -2.31. The second kappa shape index (κ2) is 8.67. The van der Waals surface area contributed by atoms with Gasteiger partial charge < -0.3 is 20.2 Å². The average molecular weight is 501 g/mol. The van der Waals surface area contributed by atoms with E-state index in [2.05, 4.69) is 25.2 Å². The minimum absolute atomic E-state index is 0.0155. The Morgan fingerprint density at radius 2 is 2.03 bits per heavy atom. The Morgan fingerprint density at radius 3 is 2.71 bits per heavy atom. The molecular formula is C22H25ClF4N6O. The molecule has 0 aliphatic heterocycles. The first-order chi connectivity index (χ1) is 16.1. The maximum atomic E-state index is 13.6. The number of carbonyl (C=O) groups excluding carboxylic acids is 1. The van der Waals surface area contributed by atoms with Crippen LogP contribution in [0.2, 0.25) is 0 Å². The van der Waals surface area contributed by atoms with E-state index < -0.39 is 29.7 Å². The van der Waals surface area contributed by atoms with Crippen LogP contribution in [0.25, 0.3) is 22.1 Å². The topological polar surface area (TPSA) is 87.6 Å². The fourth-order valence-corrected chi connectivity index (χ4v) is 5.18. The van der Waals surface area contributed by atoms with Crippen LogP contribution in [0.15, 0.2) is 18.5 Å². The number of hydrogen-bond acceptors (Lipinski definition) is 4. The van der Waals surface area contributed by atoms with E-state index in [1.54, 1.807) is 12.4 Å². The molecular weight excluding hydrogens is 476 g/mol. The van der Waals surface area contributed by atoms with Gasteiger partial charge in [0.15, 0.2) is 5.13 Å². The summed E-state index contributed by atoms with van der Waals surface area (Å²) in [6.07, 6.45) is 2.35. The van der Waals surface area contributed by atoms with E-state index in [-0.39, 0.29) is 25.0 Å². The van der Waals surface area contributed by atoms with Gasteiger partial charge >= 0.3 is 6.18 Å². The van der Waals surface area contributed by atoms with Crippen molar-refractivity contribution in [3.8, 4) is 0 Å². The van der Waals surface area contributed by atoms with E-state index in [4.69, 9.17) is 16.6 Å². The number of carbonyl (C=O) groups is 1. The predicted molar refractivity (Wildman–Crippen MR) is 119 cm³/mol. The number of aromatic nitrogens is 4. The quantitative estimate of drug-likeness (QED) is 0.336. The molecule has 5 rings (SSSR count). The summed E-state index contributed by atoms with van der Waals surface area (Å²) in [6.45, 7) is -0.710. The second-order valence-corrected chi connectivity index (χ2v) is 9.82. The third-order valence-corrected chi connectivity index (χ3v) is 7.17. The summed E-state index contributed by atoms with van der Waals surface area (Å²) in [5, 5.41) is 4.33. The van der Waals surface area contributed by atoms with Gasteiger partial charge in [0, 0.05) is 43.1 Å². The van der Waals surface area contributed by atoms with E-state index in [1.807, 2.05) is 6.07 Å². The highest BCUT2D eigenvalue weighted by molar-refractivity contribution is 6.27. The molecule has 34 heavy (non-hydrogen) atoms. The van der Waals surface area contributed by atoms with E-state index in [0.29, 0.717) is 32.1 Å². The van der Waals surface area contributed by atoms with Gasteiger partial charge in [-0.2, -0.15) is 13.2 Å². The summed E-state index contributed by atoms with van der Waals surface area (Å²) in [5.74, 6) is -0.479. The summed E-state index contributed by atoms with van der Waals surface area (Å²) in [6, 6.07) is 1.81. The Morgan fingerprint density at radius 1 is 1.29 bits per heavy atom. The number of nitrogens with zero attached hydrogens (tertiary/aromatic N) is 3. The number of H-pyrrole nitrogens is 1. The van der Waals surface area contributed by atoms with Crippen LogP contribution in [0.5, 0.6) is 0 Å². The van der Waals surface area contributed by atoms with Gasteiger partial charge in [-0.05, 0) is 31.7 Å². The van der Waals surface area contributed by atoms with Gasteiger partial charge in [-0.25, -0.2) is 14.4 Å². The molecule has 184 valence electrons. The van der Waals surface area contributed by atoms with E-state index >= 15 is 0 Å². The summed E-state index contributed by atoms with van der Waals surface area (Å²) in [4.78, 5) is 24.4. The van der Waals surface area contributed by atoms with E-state index in [9.17, 15) is 22.4 Å². The monoisotopic (exact) mass is 500 g/mol. The number of imidazole rings is 1. The predicted octanol–water partition coefficient (Wildman–Crippen LogP) is 4.13. The molecule has 3 heterocycles. The summed E-state index contributed by atoms with van der Waals surface area (Å²) in [7, 11) is 0. The van der Waals surface area contributed by atoms with Crippen molar-refractivity contribution in [3.05, 3.63) is 24.3 Å². The molecule has 3 aromatic rings. The fourth-order valence-electron chi connectivity index (χ4n) is 4.93. The van der Waals surface area contributed by atoms with Gasteiger partial charge in [0.05, 0.1) is 24.2 Å². The van der Waals surface area contributed by atoms with Crippen LogP contribution in [0.1, 0.15) is 44.0 Å². The van der Waals surface area contributed by atoms with Crippen LogP contribution < -0.4 is 10.6 Å². The third-order valence-electron chi connectivity index (χ3n) is 6.75. The number of fused-ring (bicyclic) bond motifs is 3. The maximum Gasteiger partial charge on any atom is 0.401 e. The second-order valence-electron chi connectivity index (χ2n) is 9.19. The molecule has 2 saturated carbocycles. The van der Waals surface area contributed by atoms with Crippen molar-refractivity contribution in [2.75, 3.05) is 13.1 Å². The van der Waals surface area contributed by atoms with Crippen LogP contribution in [0.3, 0.4) is 0 Å². The van der Waals surface area contributed by atoms with Gasteiger partial charge in [-0.1, -0.05) is 11.6 Å². The summed E-state index contributed by atoms with van der Waals surface area (Å²) < 4.78 is 53.5. The fraction of sp³-hybridized carbons (Fsp3) is 0.591. The third kappa shape index (κ3) is 4.72. The zero-order valence-electron chi connectivity index (χ0n) is 18.3. The molecule has 3 N–H and O–H groups in total. The van der Waals surface area contributed by atoms with Crippen LogP contribution in [0, 0.1) is 5.92 Å². The molecule has 2 fully saturated rings. The van der Waals surface area contributed by atoms with Crippen molar-refractivity contribution in [2.24, 2.45) is 5.92 Å². The Balaban J connectivity index is 1.35. The molecule has 3 aromatic heterocycles. The zero-order valence-corrected chi connectivity index (χ0v) is 19.0. The smallest absolute Gasteiger partial charge is 0.355 e. The molecule has 0 bridgehead atoms. The number of alkyl halides is 5. The highest BCUT2D eigenvalue weighted by Crippen LogP contribution is 2.50. The van der Waals surface area contributed by atoms with Gasteiger partial charge in [0.25, 0.3) is 0 Å². The first-order valence-corrected chi connectivity index (χ1v) is 11.8. The highest BCUT2D eigenvalue weighted by atomic mass is 35.5. The average Bonchev–Trinajstić information content (AvgIpc) is 3.12. The Hall–Kier alpha value is -2.40. The van der Waals surface area contributed by atoms with Crippen molar-refractivity contribution in [2.45, 2.75) is 61.9 Å². The Bertz CT molecular complexity index is 1200. The molecule has 7 nitrogen and oxygen atoms in total. The van der Waals surface area contributed by atoms with Crippen molar-refractivity contribution in [1.82, 2.24) is 30.2 Å². The van der Waals surface area contributed by atoms with Crippen molar-refractivity contribution in [1.29, 1.82) is 0 Å². The number of amides is 1. The highest BCUT2D eigenvalue weighted by Gasteiger charge is 2.58. The maximum absolute atomic E-state index is 13.6. The van der Waals surface area contributed by atoms with Crippen molar-refractivity contribution >= 4 is 39.6 Å². The largest absolute Gasteiger partial charge is 0.401 e. The number of halogens is 5. The molecule has 2 unspecified atom stereocenters. The number of hydrogen-bond donors (Lipinski definition) is 3. The first-order valence-electron chi connectivity index (χ1n) is 11.4. The molecule has 2 atom stereocenters.